The lowest BCUT2D eigenvalue weighted by Crippen LogP contribution is -1.96. The van der Waals surface area contributed by atoms with Gasteiger partial charge in [0.2, 0.25) is 0 Å². The van der Waals surface area contributed by atoms with Crippen molar-refractivity contribution in [1.29, 1.82) is 0 Å². The lowest BCUT2D eigenvalue weighted by atomic mass is 10.4. The summed E-state index contributed by atoms with van der Waals surface area (Å²) in [6, 6.07) is 3.73. The molecule has 0 saturated heterocycles. The lowest BCUT2D eigenvalue weighted by molar-refractivity contribution is -0.136. The summed E-state index contributed by atoms with van der Waals surface area (Å²) in [5.74, 6) is -0.821. The fourth-order valence-electron chi connectivity index (χ4n) is 0.748. The van der Waals surface area contributed by atoms with Crippen molar-refractivity contribution in [3.63, 3.8) is 0 Å². The third-order valence-electron chi connectivity index (χ3n) is 1.31. The van der Waals surface area contributed by atoms with Gasteiger partial charge in [0.05, 0.1) is 12.1 Å². The van der Waals surface area contributed by atoms with Crippen molar-refractivity contribution < 1.29 is 9.90 Å². The number of rotatable bonds is 4. The maximum Gasteiger partial charge on any atom is 0.305 e. The first-order valence-electron chi connectivity index (χ1n) is 3.64. The van der Waals surface area contributed by atoms with E-state index in [1.807, 2.05) is 12.1 Å². The molecule has 0 unspecified atom stereocenters. The van der Waals surface area contributed by atoms with Crippen molar-refractivity contribution in [3.05, 3.63) is 24.0 Å². The molecule has 0 aliphatic carbocycles. The minimum atomic E-state index is -0.821. The van der Waals surface area contributed by atoms with E-state index in [0.29, 0.717) is 6.54 Å². The molecule has 64 valence electrons. The molecule has 1 aromatic heterocycles. The Balaban J connectivity index is 2.27. The summed E-state index contributed by atoms with van der Waals surface area (Å²) in [7, 11) is 0. The van der Waals surface area contributed by atoms with E-state index in [4.69, 9.17) is 5.11 Å². The van der Waals surface area contributed by atoms with Crippen LogP contribution >= 0.6 is 0 Å². The Morgan fingerprint density at radius 3 is 3.17 bits per heavy atom. The van der Waals surface area contributed by atoms with Crippen molar-refractivity contribution in [1.82, 2.24) is 4.98 Å². The normalized spacial score (nSPS) is 10.7. The molecule has 2 N–H and O–H groups in total. The highest BCUT2D eigenvalue weighted by Crippen LogP contribution is 1.89. The van der Waals surface area contributed by atoms with Crippen LogP contribution in [0.2, 0.25) is 0 Å². The average Bonchev–Trinajstić information content (AvgIpc) is 2.49. The molecule has 0 spiro atoms. The summed E-state index contributed by atoms with van der Waals surface area (Å²) in [6.07, 6.45) is 3.50. The first-order chi connectivity index (χ1) is 5.79. The zero-order chi connectivity index (χ0) is 8.81. The zero-order valence-electron chi connectivity index (χ0n) is 6.53. The first-order valence-corrected chi connectivity index (χ1v) is 3.64. The van der Waals surface area contributed by atoms with E-state index < -0.39 is 5.97 Å². The molecule has 0 aliphatic heterocycles. The van der Waals surface area contributed by atoms with Gasteiger partial charge in [0.1, 0.15) is 0 Å². The Labute approximate surface area is 70.0 Å². The molecule has 0 atom stereocenters. The highest BCUT2D eigenvalue weighted by molar-refractivity contribution is 5.77. The van der Waals surface area contributed by atoms with Crippen LogP contribution in [0, 0.1) is 0 Å². The van der Waals surface area contributed by atoms with Gasteiger partial charge in [-0.05, 0) is 12.1 Å². The molecule has 1 aromatic rings. The minimum absolute atomic E-state index is 0.0806. The second-order valence-corrected chi connectivity index (χ2v) is 2.30. The highest BCUT2D eigenvalue weighted by Gasteiger charge is 1.92. The van der Waals surface area contributed by atoms with Crippen LogP contribution in [0.1, 0.15) is 12.1 Å². The second kappa shape index (κ2) is 4.33. The largest absolute Gasteiger partial charge is 0.481 e. The number of aromatic nitrogens is 1. The molecular formula is C8H10N2O2. The molecule has 4 nitrogen and oxygen atoms in total. The first kappa shape index (κ1) is 8.52. The van der Waals surface area contributed by atoms with Crippen LogP contribution in [0.25, 0.3) is 0 Å². The van der Waals surface area contributed by atoms with E-state index in [0.717, 1.165) is 5.69 Å². The van der Waals surface area contributed by atoms with Crippen molar-refractivity contribution in [3.8, 4) is 0 Å². The summed E-state index contributed by atoms with van der Waals surface area (Å²) in [5.41, 5.74) is 0.889. The van der Waals surface area contributed by atoms with Gasteiger partial charge in [-0.2, -0.15) is 0 Å². The Morgan fingerprint density at radius 2 is 2.58 bits per heavy atom. The number of nitrogens with one attached hydrogen (secondary N) is 1. The molecule has 0 saturated carbocycles. The molecular weight excluding hydrogens is 156 g/mol. The third kappa shape index (κ3) is 3.01. The standard InChI is InChI=1S/C8H10N2O2/c11-8(12)3-5-9-6-7-2-1-4-10-7/h1-2,4,6,10H,3,5H2,(H,11,12). The Hall–Kier alpha value is -1.58. The summed E-state index contributed by atoms with van der Waals surface area (Å²) in [5, 5.41) is 8.29. The number of H-pyrrole nitrogens is 1. The Morgan fingerprint density at radius 1 is 1.75 bits per heavy atom. The number of nitrogens with zero attached hydrogens (tertiary/aromatic N) is 1. The minimum Gasteiger partial charge on any atom is -0.481 e. The van der Waals surface area contributed by atoms with Gasteiger partial charge in [0, 0.05) is 19.0 Å². The molecule has 0 bridgehead atoms. The predicted molar refractivity (Wildman–Crippen MR) is 45.5 cm³/mol. The monoisotopic (exact) mass is 166 g/mol. The number of hydrogen-bond donors (Lipinski definition) is 2. The molecule has 4 heteroatoms. The Kier molecular flexibility index (Phi) is 3.07. The van der Waals surface area contributed by atoms with E-state index in [1.165, 1.54) is 0 Å². The van der Waals surface area contributed by atoms with Crippen LogP contribution in [0.15, 0.2) is 23.3 Å². The van der Waals surface area contributed by atoms with E-state index in [-0.39, 0.29) is 6.42 Å². The van der Waals surface area contributed by atoms with Crippen molar-refractivity contribution in [2.75, 3.05) is 6.54 Å². The number of aliphatic imine (C=N–C) groups is 1. The van der Waals surface area contributed by atoms with Gasteiger partial charge >= 0.3 is 5.97 Å². The molecule has 0 aromatic carbocycles. The van der Waals surface area contributed by atoms with Crippen LogP contribution in [-0.4, -0.2) is 28.8 Å². The quantitative estimate of drug-likeness (QED) is 0.653. The molecule has 0 aliphatic rings. The SMILES string of the molecule is O=C(O)CCN=Cc1ccc[nH]1. The van der Waals surface area contributed by atoms with Gasteiger partial charge in [0.25, 0.3) is 0 Å². The van der Waals surface area contributed by atoms with Crippen LogP contribution in [0.4, 0.5) is 0 Å². The summed E-state index contributed by atoms with van der Waals surface area (Å²) in [4.78, 5) is 16.9. The Bertz CT molecular complexity index is 265. The predicted octanol–water partition coefficient (Wildman–Crippen LogP) is 0.908. The molecule has 0 amide bonds. The van der Waals surface area contributed by atoms with Gasteiger partial charge in [0.15, 0.2) is 0 Å². The van der Waals surface area contributed by atoms with Crippen LogP contribution < -0.4 is 0 Å². The smallest absolute Gasteiger partial charge is 0.305 e. The molecule has 1 heterocycles. The summed E-state index contributed by atoms with van der Waals surface area (Å²) < 4.78 is 0. The molecule has 12 heavy (non-hydrogen) atoms. The van der Waals surface area contributed by atoms with Gasteiger partial charge < -0.3 is 10.1 Å². The lowest BCUT2D eigenvalue weighted by Gasteiger charge is -1.87. The van der Waals surface area contributed by atoms with Gasteiger partial charge in [-0.15, -0.1) is 0 Å². The second-order valence-electron chi connectivity index (χ2n) is 2.30. The van der Waals surface area contributed by atoms with E-state index in [2.05, 4.69) is 9.98 Å². The average molecular weight is 166 g/mol. The number of carbonyl (C=O) groups is 1. The van der Waals surface area contributed by atoms with E-state index >= 15 is 0 Å². The van der Waals surface area contributed by atoms with Gasteiger partial charge in [-0.3, -0.25) is 9.79 Å². The van der Waals surface area contributed by atoms with Crippen LogP contribution in [0.3, 0.4) is 0 Å². The number of aliphatic carboxylic acids is 1. The van der Waals surface area contributed by atoms with Crippen LogP contribution in [0.5, 0.6) is 0 Å². The topological polar surface area (TPSA) is 65.4 Å². The third-order valence-corrected chi connectivity index (χ3v) is 1.31. The molecule has 0 fully saturated rings. The highest BCUT2D eigenvalue weighted by atomic mass is 16.4. The maximum atomic E-state index is 10.1. The van der Waals surface area contributed by atoms with E-state index in [1.54, 1.807) is 12.4 Å². The number of carboxylic acid groups (broad SMARTS) is 1. The van der Waals surface area contributed by atoms with Crippen molar-refractivity contribution in [2.45, 2.75) is 6.42 Å². The fraction of sp³-hybridized carbons (Fsp3) is 0.250. The molecule has 0 radical (unpaired) electrons. The summed E-state index contributed by atoms with van der Waals surface area (Å²) >= 11 is 0. The fourth-order valence-corrected chi connectivity index (χ4v) is 0.748. The van der Waals surface area contributed by atoms with Crippen LogP contribution in [-0.2, 0) is 4.79 Å². The van der Waals surface area contributed by atoms with Gasteiger partial charge in [-0.25, -0.2) is 0 Å². The van der Waals surface area contributed by atoms with E-state index in [9.17, 15) is 4.79 Å². The summed E-state index contributed by atoms with van der Waals surface area (Å²) in [6.45, 7) is 0.328. The van der Waals surface area contributed by atoms with Crippen molar-refractivity contribution >= 4 is 12.2 Å². The zero-order valence-corrected chi connectivity index (χ0v) is 6.53. The molecule has 1 rings (SSSR count). The number of carboxylic acids is 1. The number of hydrogen-bond acceptors (Lipinski definition) is 2. The van der Waals surface area contributed by atoms with Crippen molar-refractivity contribution in [2.24, 2.45) is 4.99 Å². The number of aromatic amines is 1. The maximum absolute atomic E-state index is 10.1. The van der Waals surface area contributed by atoms with Gasteiger partial charge in [-0.1, -0.05) is 0 Å².